The first kappa shape index (κ1) is 27.7. The van der Waals surface area contributed by atoms with E-state index >= 15 is 0 Å². The number of para-hydroxylation sites is 1. The van der Waals surface area contributed by atoms with Crippen LogP contribution in [0.3, 0.4) is 0 Å². The molecule has 2 amide bonds. The number of fused-ring (bicyclic) bond motifs is 1. The van der Waals surface area contributed by atoms with Crippen LogP contribution in [0, 0.1) is 6.92 Å². The van der Waals surface area contributed by atoms with Crippen molar-refractivity contribution < 1.29 is 28.7 Å². The van der Waals surface area contributed by atoms with Gasteiger partial charge in [-0.2, -0.15) is 5.10 Å². The molecule has 202 valence electrons. The van der Waals surface area contributed by atoms with Crippen molar-refractivity contribution in [3.63, 3.8) is 0 Å². The van der Waals surface area contributed by atoms with E-state index in [1.54, 1.807) is 43.3 Å². The molecule has 0 aliphatic heterocycles. The number of carbonyl (C=O) groups is 4. The smallest absolute Gasteiger partial charge is 0.343 e. The number of rotatable bonds is 7. The van der Waals surface area contributed by atoms with Crippen molar-refractivity contribution in [2.75, 3.05) is 11.9 Å². The molecule has 0 bridgehead atoms. The van der Waals surface area contributed by atoms with Gasteiger partial charge < -0.3 is 14.8 Å². The lowest BCUT2D eigenvalue weighted by Gasteiger charge is -2.08. The standard InChI is InChI=1S/C29H29N3O6S/c1-3-37-29(36)24-21-10-5-4-6-12-23(21)39-27(24)31-25(33)26(34)32-30-17-20-9-7-8-11-22(20)38-28(35)19-15-13-18(2)14-16-19/h7-9,11,13-17H,3-6,10,12H2,1-2H3,(H,31,33)(H,32,34). The lowest BCUT2D eigenvalue weighted by molar-refractivity contribution is -0.136. The van der Waals surface area contributed by atoms with E-state index in [0.717, 1.165) is 48.1 Å². The molecule has 9 nitrogen and oxygen atoms in total. The molecule has 39 heavy (non-hydrogen) atoms. The molecule has 0 fully saturated rings. The van der Waals surface area contributed by atoms with E-state index in [1.165, 1.54) is 17.6 Å². The molecular formula is C29H29N3O6S. The van der Waals surface area contributed by atoms with Crippen molar-refractivity contribution in [2.45, 2.75) is 46.0 Å². The Bertz CT molecular complexity index is 1410. The number of nitrogens with zero attached hydrogens (tertiary/aromatic N) is 1. The summed E-state index contributed by atoms with van der Waals surface area (Å²) in [5, 5.41) is 6.72. The summed E-state index contributed by atoms with van der Waals surface area (Å²) in [6.07, 6.45) is 5.83. The molecule has 4 rings (SSSR count). The Labute approximate surface area is 230 Å². The third kappa shape index (κ3) is 6.97. The number of anilines is 1. The second-order valence-corrected chi connectivity index (χ2v) is 10.0. The number of hydrazone groups is 1. The van der Waals surface area contributed by atoms with Crippen molar-refractivity contribution in [2.24, 2.45) is 5.10 Å². The van der Waals surface area contributed by atoms with Crippen molar-refractivity contribution in [1.82, 2.24) is 5.43 Å². The van der Waals surface area contributed by atoms with Crippen molar-refractivity contribution in [1.29, 1.82) is 0 Å². The van der Waals surface area contributed by atoms with Crippen LogP contribution in [0.25, 0.3) is 0 Å². The Balaban J connectivity index is 1.42. The third-order valence-electron chi connectivity index (χ3n) is 6.11. The average molecular weight is 548 g/mol. The van der Waals surface area contributed by atoms with Crippen LogP contribution in [0.15, 0.2) is 53.6 Å². The van der Waals surface area contributed by atoms with Crippen LogP contribution in [0.1, 0.15) is 68.5 Å². The van der Waals surface area contributed by atoms with E-state index in [1.807, 2.05) is 19.1 Å². The van der Waals surface area contributed by atoms with Gasteiger partial charge in [-0.1, -0.05) is 36.2 Å². The number of esters is 2. The number of hydrogen-bond donors (Lipinski definition) is 2. The van der Waals surface area contributed by atoms with Gasteiger partial charge in [-0.25, -0.2) is 15.0 Å². The fourth-order valence-electron chi connectivity index (χ4n) is 4.15. The topological polar surface area (TPSA) is 123 Å². The minimum absolute atomic E-state index is 0.202. The first-order valence-electron chi connectivity index (χ1n) is 12.7. The summed E-state index contributed by atoms with van der Waals surface area (Å²) in [6, 6.07) is 13.6. The van der Waals surface area contributed by atoms with Gasteiger partial charge in [0.05, 0.1) is 23.9 Å². The number of ether oxygens (including phenoxy) is 2. The van der Waals surface area contributed by atoms with Gasteiger partial charge >= 0.3 is 23.8 Å². The van der Waals surface area contributed by atoms with Crippen LogP contribution in [0.4, 0.5) is 5.00 Å². The van der Waals surface area contributed by atoms with Crippen molar-refractivity contribution >= 4 is 46.3 Å². The fraction of sp³-hybridized carbons (Fsp3) is 0.276. The number of amides is 2. The van der Waals surface area contributed by atoms with Crippen LogP contribution in [0.2, 0.25) is 0 Å². The predicted octanol–water partition coefficient (Wildman–Crippen LogP) is 4.81. The molecule has 1 aliphatic carbocycles. The van der Waals surface area contributed by atoms with Gasteiger partial charge in [0.15, 0.2) is 0 Å². The molecule has 0 unspecified atom stereocenters. The van der Waals surface area contributed by atoms with Crippen LogP contribution in [0.5, 0.6) is 5.75 Å². The highest BCUT2D eigenvalue weighted by atomic mass is 32.1. The van der Waals surface area contributed by atoms with Gasteiger partial charge in [0, 0.05) is 10.4 Å². The van der Waals surface area contributed by atoms with Crippen LogP contribution >= 0.6 is 11.3 Å². The summed E-state index contributed by atoms with van der Waals surface area (Å²) in [6.45, 7) is 3.84. The molecule has 0 saturated carbocycles. The molecule has 1 aromatic heterocycles. The number of benzene rings is 2. The Morgan fingerprint density at radius 3 is 2.46 bits per heavy atom. The minimum Gasteiger partial charge on any atom is -0.462 e. The third-order valence-corrected chi connectivity index (χ3v) is 7.32. The average Bonchev–Trinajstić information content (AvgIpc) is 3.09. The van der Waals surface area contributed by atoms with E-state index in [4.69, 9.17) is 9.47 Å². The lowest BCUT2D eigenvalue weighted by atomic mass is 10.1. The minimum atomic E-state index is -1.02. The highest BCUT2D eigenvalue weighted by molar-refractivity contribution is 7.17. The molecular weight excluding hydrogens is 518 g/mol. The predicted molar refractivity (Wildman–Crippen MR) is 148 cm³/mol. The van der Waals surface area contributed by atoms with Gasteiger partial charge in [0.1, 0.15) is 10.8 Å². The van der Waals surface area contributed by atoms with Gasteiger partial charge in [-0.3, -0.25) is 9.59 Å². The second-order valence-electron chi connectivity index (χ2n) is 8.94. The summed E-state index contributed by atoms with van der Waals surface area (Å²) >= 11 is 1.30. The number of carbonyl (C=O) groups excluding carboxylic acids is 4. The lowest BCUT2D eigenvalue weighted by Crippen LogP contribution is -2.32. The summed E-state index contributed by atoms with van der Waals surface area (Å²) in [5.74, 6) is -2.79. The van der Waals surface area contributed by atoms with E-state index in [0.29, 0.717) is 21.7 Å². The molecule has 1 heterocycles. The molecule has 0 radical (unpaired) electrons. The molecule has 2 N–H and O–H groups in total. The second kappa shape index (κ2) is 13.0. The molecule has 3 aromatic rings. The number of nitrogens with one attached hydrogen (secondary N) is 2. The number of hydrogen-bond acceptors (Lipinski definition) is 8. The zero-order valence-electron chi connectivity index (χ0n) is 21.7. The first-order valence-corrected chi connectivity index (χ1v) is 13.5. The summed E-state index contributed by atoms with van der Waals surface area (Å²) in [7, 11) is 0. The van der Waals surface area contributed by atoms with E-state index < -0.39 is 23.8 Å². The van der Waals surface area contributed by atoms with Gasteiger partial charge in [-0.15, -0.1) is 11.3 Å². The largest absolute Gasteiger partial charge is 0.462 e. The van der Waals surface area contributed by atoms with E-state index in [9.17, 15) is 19.2 Å². The summed E-state index contributed by atoms with van der Waals surface area (Å²) < 4.78 is 10.7. The molecule has 0 atom stereocenters. The van der Waals surface area contributed by atoms with Gasteiger partial charge in [0.25, 0.3) is 0 Å². The fourth-order valence-corrected chi connectivity index (χ4v) is 5.42. The molecule has 1 aliphatic rings. The Morgan fingerprint density at radius 2 is 1.69 bits per heavy atom. The normalized spacial score (nSPS) is 12.8. The maximum Gasteiger partial charge on any atom is 0.343 e. The van der Waals surface area contributed by atoms with E-state index in [-0.39, 0.29) is 12.4 Å². The molecule has 10 heteroatoms. The van der Waals surface area contributed by atoms with Gasteiger partial charge in [-0.05, 0) is 69.4 Å². The Morgan fingerprint density at radius 1 is 0.949 bits per heavy atom. The maximum atomic E-state index is 12.7. The molecule has 0 spiro atoms. The van der Waals surface area contributed by atoms with Crippen molar-refractivity contribution in [3.8, 4) is 5.75 Å². The quantitative estimate of drug-likeness (QED) is 0.109. The maximum absolute atomic E-state index is 12.7. The monoisotopic (exact) mass is 547 g/mol. The summed E-state index contributed by atoms with van der Waals surface area (Å²) in [4.78, 5) is 51.4. The van der Waals surface area contributed by atoms with Crippen LogP contribution in [-0.2, 0) is 27.2 Å². The van der Waals surface area contributed by atoms with Crippen LogP contribution < -0.4 is 15.5 Å². The molecule has 0 saturated heterocycles. The SMILES string of the molecule is CCOC(=O)c1c(NC(=O)C(=O)NN=Cc2ccccc2OC(=O)c2ccc(C)cc2)sc2c1CCCCC2. The Kier molecular flexibility index (Phi) is 9.22. The Hall–Kier alpha value is -4.31. The van der Waals surface area contributed by atoms with Gasteiger partial charge in [0.2, 0.25) is 0 Å². The number of aryl methyl sites for hydroxylation is 2. The molecule has 2 aromatic carbocycles. The first-order chi connectivity index (χ1) is 18.9. The zero-order valence-corrected chi connectivity index (χ0v) is 22.6. The highest BCUT2D eigenvalue weighted by Gasteiger charge is 2.28. The highest BCUT2D eigenvalue weighted by Crippen LogP contribution is 2.38. The van der Waals surface area contributed by atoms with Crippen LogP contribution in [-0.4, -0.2) is 36.6 Å². The summed E-state index contributed by atoms with van der Waals surface area (Å²) in [5.41, 5.74) is 5.23. The van der Waals surface area contributed by atoms with E-state index in [2.05, 4.69) is 15.8 Å². The zero-order chi connectivity index (χ0) is 27.8. The number of thiophene rings is 1. The van der Waals surface area contributed by atoms with Crippen molar-refractivity contribution in [3.05, 3.63) is 81.2 Å².